The first-order valence-corrected chi connectivity index (χ1v) is 8.82. The number of Topliss-reactive ketones (excluding diaryl/α,β-unsaturated/α-hetero) is 2. The molecular weight excluding hydrogens is 336 g/mol. The summed E-state index contributed by atoms with van der Waals surface area (Å²) >= 11 is 0. The molecule has 142 valence electrons. The van der Waals surface area contributed by atoms with E-state index in [2.05, 4.69) is 6.58 Å². The molecule has 3 rings (SSSR count). The Bertz CT molecular complexity index is 779. The fraction of sp³-hybridized carbons (Fsp3) is 0.600. The first-order chi connectivity index (χ1) is 11.9. The molecule has 0 aromatic heterocycles. The molecule has 1 saturated carbocycles. The lowest BCUT2D eigenvalue weighted by Gasteiger charge is -2.59. The van der Waals surface area contributed by atoms with Crippen LogP contribution in [0.2, 0.25) is 0 Å². The van der Waals surface area contributed by atoms with Gasteiger partial charge in [-0.1, -0.05) is 26.0 Å². The minimum absolute atomic E-state index is 0.0615. The van der Waals surface area contributed by atoms with E-state index in [1.807, 2.05) is 0 Å². The lowest BCUT2D eigenvalue weighted by molar-refractivity contribution is -0.169. The molecule has 5 atom stereocenters. The van der Waals surface area contributed by atoms with E-state index in [4.69, 9.17) is 0 Å². The number of aliphatic hydroxyl groups excluding tert-OH is 3. The molecule has 0 aromatic carbocycles. The van der Waals surface area contributed by atoms with Gasteiger partial charge < -0.3 is 20.4 Å². The van der Waals surface area contributed by atoms with Crippen molar-refractivity contribution in [2.75, 3.05) is 6.61 Å². The maximum absolute atomic E-state index is 13.1. The Hall–Kier alpha value is -1.76. The second-order valence-electron chi connectivity index (χ2n) is 8.61. The van der Waals surface area contributed by atoms with Gasteiger partial charge in [-0.3, -0.25) is 9.59 Å². The molecule has 0 aliphatic heterocycles. The van der Waals surface area contributed by atoms with Gasteiger partial charge in [-0.25, -0.2) is 0 Å². The van der Waals surface area contributed by atoms with Crippen molar-refractivity contribution < 1.29 is 30.0 Å². The summed E-state index contributed by atoms with van der Waals surface area (Å²) in [6.45, 7) is 8.19. The molecule has 1 fully saturated rings. The molecule has 6 heteroatoms. The zero-order valence-corrected chi connectivity index (χ0v) is 15.4. The second-order valence-corrected chi connectivity index (χ2v) is 8.61. The number of aliphatic hydroxyl groups is 4. The van der Waals surface area contributed by atoms with E-state index in [0.29, 0.717) is 6.42 Å². The number of carbonyl (C=O) groups excluding carboxylic acids is 2. The van der Waals surface area contributed by atoms with Gasteiger partial charge >= 0.3 is 0 Å². The standard InChI is InChI=1S/C20H26O6/c1-5-17(2)8-11-14(24)15(25)16-18(3,10-21)7-6-12(22)19(16,4)20(11,26)13(23)9-17/h5,8,12,21-22,25-26H,1,6-7,9-10H2,2-4H3/t12-,17-,18+,19+,20+/m1/s1. The van der Waals surface area contributed by atoms with E-state index in [9.17, 15) is 30.0 Å². The van der Waals surface area contributed by atoms with Crippen LogP contribution in [-0.2, 0) is 9.59 Å². The van der Waals surface area contributed by atoms with Gasteiger partial charge in [0.05, 0.1) is 18.1 Å². The van der Waals surface area contributed by atoms with Gasteiger partial charge in [0.25, 0.3) is 0 Å². The van der Waals surface area contributed by atoms with E-state index < -0.39 is 45.3 Å². The van der Waals surface area contributed by atoms with E-state index in [1.54, 1.807) is 13.8 Å². The number of allylic oxidation sites excluding steroid dienone is 3. The molecule has 4 N–H and O–H groups in total. The Morgan fingerprint density at radius 2 is 1.92 bits per heavy atom. The Kier molecular flexibility index (Phi) is 3.93. The number of hydrogen-bond donors (Lipinski definition) is 4. The molecule has 3 aliphatic carbocycles. The van der Waals surface area contributed by atoms with Crippen molar-refractivity contribution in [1.29, 1.82) is 0 Å². The topological polar surface area (TPSA) is 115 Å². The van der Waals surface area contributed by atoms with Crippen molar-refractivity contribution >= 4 is 11.6 Å². The predicted molar refractivity (Wildman–Crippen MR) is 94.2 cm³/mol. The average Bonchev–Trinajstić information content (AvgIpc) is 2.60. The van der Waals surface area contributed by atoms with Gasteiger partial charge in [-0.15, -0.1) is 6.58 Å². The van der Waals surface area contributed by atoms with Crippen molar-refractivity contribution in [2.45, 2.75) is 51.7 Å². The van der Waals surface area contributed by atoms with E-state index in [1.165, 1.54) is 19.1 Å². The van der Waals surface area contributed by atoms with Crippen molar-refractivity contribution in [3.63, 3.8) is 0 Å². The minimum Gasteiger partial charge on any atom is -0.504 e. The summed E-state index contributed by atoms with van der Waals surface area (Å²) in [4.78, 5) is 26.0. The molecular formula is C20H26O6. The van der Waals surface area contributed by atoms with Crippen LogP contribution in [0.15, 0.2) is 35.6 Å². The van der Waals surface area contributed by atoms with Crippen LogP contribution in [0.5, 0.6) is 0 Å². The van der Waals surface area contributed by atoms with Crippen molar-refractivity contribution in [1.82, 2.24) is 0 Å². The van der Waals surface area contributed by atoms with Crippen LogP contribution in [0.4, 0.5) is 0 Å². The molecule has 3 aliphatic rings. The van der Waals surface area contributed by atoms with Crippen LogP contribution in [0, 0.1) is 16.2 Å². The summed E-state index contributed by atoms with van der Waals surface area (Å²) in [7, 11) is 0. The average molecular weight is 362 g/mol. The van der Waals surface area contributed by atoms with Crippen LogP contribution in [0.1, 0.15) is 40.0 Å². The van der Waals surface area contributed by atoms with Crippen molar-refractivity contribution in [2.24, 2.45) is 16.2 Å². The molecule has 0 aromatic rings. The summed E-state index contributed by atoms with van der Waals surface area (Å²) in [5.74, 6) is -2.03. The zero-order valence-electron chi connectivity index (χ0n) is 15.4. The number of carbonyl (C=O) groups is 2. The molecule has 26 heavy (non-hydrogen) atoms. The molecule has 0 unspecified atom stereocenters. The fourth-order valence-corrected chi connectivity index (χ4v) is 5.06. The highest BCUT2D eigenvalue weighted by Crippen LogP contribution is 2.63. The summed E-state index contributed by atoms with van der Waals surface area (Å²) in [6, 6.07) is 0. The number of rotatable bonds is 2. The molecule has 0 saturated heterocycles. The van der Waals surface area contributed by atoms with Crippen LogP contribution < -0.4 is 0 Å². The normalized spacial score (nSPS) is 45.8. The van der Waals surface area contributed by atoms with Crippen molar-refractivity contribution in [3.05, 3.63) is 35.6 Å². The molecule has 0 spiro atoms. The summed E-state index contributed by atoms with van der Waals surface area (Å²) < 4.78 is 0. The first-order valence-electron chi connectivity index (χ1n) is 8.82. The lowest BCUT2D eigenvalue weighted by atomic mass is 9.45. The Morgan fingerprint density at radius 3 is 2.46 bits per heavy atom. The van der Waals surface area contributed by atoms with Gasteiger partial charge in [0.2, 0.25) is 5.78 Å². The quantitative estimate of drug-likeness (QED) is 0.552. The number of fused-ring (bicyclic) bond motifs is 3. The highest BCUT2D eigenvalue weighted by atomic mass is 16.3. The van der Waals surface area contributed by atoms with Gasteiger partial charge in [0.15, 0.2) is 17.1 Å². The van der Waals surface area contributed by atoms with Crippen LogP contribution in [0.3, 0.4) is 0 Å². The Balaban J connectivity index is 2.42. The largest absolute Gasteiger partial charge is 0.504 e. The molecule has 6 nitrogen and oxygen atoms in total. The fourth-order valence-electron chi connectivity index (χ4n) is 5.06. The number of ketones is 2. The molecule has 0 bridgehead atoms. The maximum Gasteiger partial charge on any atom is 0.226 e. The molecule has 0 amide bonds. The minimum atomic E-state index is -2.26. The van der Waals surface area contributed by atoms with E-state index in [0.717, 1.165) is 0 Å². The second kappa shape index (κ2) is 5.38. The van der Waals surface area contributed by atoms with E-state index in [-0.39, 0.29) is 30.6 Å². The third-order valence-electron chi connectivity index (χ3n) is 6.83. The molecule has 0 radical (unpaired) electrons. The monoisotopic (exact) mass is 362 g/mol. The summed E-state index contributed by atoms with van der Waals surface area (Å²) in [5.41, 5.74) is -5.87. The van der Waals surface area contributed by atoms with Crippen LogP contribution in [0.25, 0.3) is 0 Å². The van der Waals surface area contributed by atoms with Crippen LogP contribution in [-0.4, -0.2) is 50.3 Å². The predicted octanol–water partition coefficient (Wildman–Crippen LogP) is 1.36. The Labute approximate surface area is 152 Å². The van der Waals surface area contributed by atoms with Gasteiger partial charge in [-0.2, -0.15) is 0 Å². The smallest absolute Gasteiger partial charge is 0.226 e. The molecule has 0 heterocycles. The maximum atomic E-state index is 13.1. The summed E-state index contributed by atoms with van der Waals surface area (Å²) in [6.07, 6.45) is 2.31. The highest BCUT2D eigenvalue weighted by Gasteiger charge is 2.70. The van der Waals surface area contributed by atoms with Crippen LogP contribution >= 0.6 is 0 Å². The van der Waals surface area contributed by atoms with Gasteiger partial charge in [0.1, 0.15) is 0 Å². The summed E-state index contributed by atoms with van der Waals surface area (Å²) in [5, 5.41) is 43.0. The third-order valence-corrected chi connectivity index (χ3v) is 6.83. The highest BCUT2D eigenvalue weighted by molar-refractivity contribution is 6.17. The van der Waals surface area contributed by atoms with Crippen molar-refractivity contribution in [3.8, 4) is 0 Å². The van der Waals surface area contributed by atoms with Gasteiger partial charge in [-0.05, 0) is 25.3 Å². The SMILES string of the molecule is C=C[C@]1(C)C=C2C(=O)C(O)=C3[C@](C)(CO)CC[C@@H](O)[C@]3(C)[C@@]2(O)C(=O)C1. The lowest BCUT2D eigenvalue weighted by Crippen LogP contribution is -2.69. The zero-order chi connectivity index (χ0) is 19.7. The first kappa shape index (κ1) is 19.0. The third kappa shape index (κ3) is 1.98. The van der Waals surface area contributed by atoms with Gasteiger partial charge in [0, 0.05) is 22.8 Å². The van der Waals surface area contributed by atoms with E-state index >= 15 is 0 Å². The Morgan fingerprint density at radius 1 is 1.31 bits per heavy atom. The number of hydrogen-bond acceptors (Lipinski definition) is 6.